The van der Waals surface area contributed by atoms with E-state index in [9.17, 15) is 25.4 Å². The van der Waals surface area contributed by atoms with Gasteiger partial charge in [-0.2, -0.15) is 0 Å². The third-order valence-corrected chi connectivity index (χ3v) is 1.99. The van der Waals surface area contributed by atoms with E-state index < -0.39 is 41.3 Å². The van der Waals surface area contributed by atoms with Crippen molar-refractivity contribution in [1.29, 1.82) is 0 Å². The zero-order valence-corrected chi connectivity index (χ0v) is 7.45. The maximum Gasteiger partial charge on any atom is 0.237 e. The molecule has 0 bridgehead atoms. The lowest BCUT2D eigenvalue weighted by Crippen LogP contribution is -2.42. The molecule has 0 saturated heterocycles. The van der Waals surface area contributed by atoms with Crippen molar-refractivity contribution in [2.75, 3.05) is 6.54 Å². The van der Waals surface area contributed by atoms with E-state index in [1.807, 2.05) is 0 Å². The van der Waals surface area contributed by atoms with E-state index in [1.54, 1.807) is 0 Å². The zero-order valence-electron chi connectivity index (χ0n) is 7.45. The van der Waals surface area contributed by atoms with Crippen LogP contribution in [0.2, 0.25) is 0 Å². The van der Waals surface area contributed by atoms with Gasteiger partial charge in [-0.25, -0.2) is 0 Å². The fourth-order valence-electron chi connectivity index (χ4n) is 1.20. The molecule has 0 aromatic carbocycles. The minimum absolute atomic E-state index is 0.646. The summed E-state index contributed by atoms with van der Waals surface area (Å²) in [4.78, 5) is 9.49. The molecule has 3 atom stereocenters. The maximum absolute atomic E-state index is 10.2. The normalized spacial score (nSPS) is 33.1. The van der Waals surface area contributed by atoms with Gasteiger partial charge in [0.15, 0.2) is 17.6 Å². The molecule has 1 rings (SSSR count). The monoisotopic (exact) mass is 205 g/mol. The Bertz CT molecular complexity index is 275. The Labute approximate surface area is 79.4 Å². The average Bonchev–Trinajstić information content (AvgIpc) is 2.10. The highest BCUT2D eigenvalue weighted by atomic mass is 16.6. The van der Waals surface area contributed by atoms with Crippen molar-refractivity contribution >= 4 is 0 Å². The van der Waals surface area contributed by atoms with E-state index in [2.05, 4.69) is 0 Å². The molecule has 0 aromatic rings. The number of nitro groups is 1. The van der Waals surface area contributed by atoms with Gasteiger partial charge in [-0.1, -0.05) is 0 Å². The number of rotatable bonds is 2. The molecule has 0 aliphatic carbocycles. The molecule has 1 aliphatic rings. The van der Waals surface area contributed by atoms with E-state index in [4.69, 9.17) is 4.74 Å². The first-order valence-corrected chi connectivity index (χ1v) is 4.00. The maximum atomic E-state index is 10.2. The smallest absolute Gasteiger partial charge is 0.237 e. The minimum atomic E-state index is -1.34. The van der Waals surface area contributed by atoms with E-state index >= 15 is 0 Å². The summed E-state index contributed by atoms with van der Waals surface area (Å²) in [5.74, 6) is -1.33. The molecule has 0 radical (unpaired) electrons. The fraction of sp³-hybridized carbons (Fsp3) is 0.714. The Balaban J connectivity index is 2.84. The van der Waals surface area contributed by atoms with Crippen LogP contribution < -0.4 is 0 Å². The highest BCUT2D eigenvalue weighted by Crippen LogP contribution is 2.22. The number of hydrogen-bond acceptors (Lipinski definition) is 6. The van der Waals surface area contributed by atoms with Crippen molar-refractivity contribution in [2.24, 2.45) is 0 Å². The summed E-state index contributed by atoms with van der Waals surface area (Å²) in [5.41, 5.74) is 0. The molecular weight excluding hydrogens is 194 g/mol. The van der Waals surface area contributed by atoms with Crippen LogP contribution in [0.4, 0.5) is 0 Å². The van der Waals surface area contributed by atoms with Gasteiger partial charge in [0, 0.05) is 4.92 Å². The third kappa shape index (κ3) is 1.94. The van der Waals surface area contributed by atoms with Crippen molar-refractivity contribution in [3.63, 3.8) is 0 Å². The van der Waals surface area contributed by atoms with Gasteiger partial charge in [0.05, 0.1) is 6.10 Å². The molecule has 3 unspecified atom stereocenters. The number of ether oxygens (including phenoxy) is 1. The van der Waals surface area contributed by atoms with Crippen LogP contribution in [0.3, 0.4) is 0 Å². The van der Waals surface area contributed by atoms with Gasteiger partial charge in [0.2, 0.25) is 6.54 Å². The minimum Gasteiger partial charge on any atom is -0.506 e. The second-order valence-electron chi connectivity index (χ2n) is 3.06. The molecule has 0 aromatic heterocycles. The summed E-state index contributed by atoms with van der Waals surface area (Å²) in [5, 5.41) is 37.8. The van der Waals surface area contributed by atoms with Crippen LogP contribution in [0.5, 0.6) is 0 Å². The first-order chi connectivity index (χ1) is 6.43. The number of hydrogen-bond donors (Lipinski definition) is 3. The Morgan fingerprint density at radius 2 is 2.07 bits per heavy atom. The van der Waals surface area contributed by atoms with Crippen LogP contribution in [0, 0.1) is 10.1 Å². The van der Waals surface area contributed by atoms with Gasteiger partial charge in [-0.15, -0.1) is 0 Å². The lowest BCUT2D eigenvalue weighted by Gasteiger charge is -2.29. The number of nitrogens with zero attached hydrogens (tertiary/aromatic N) is 1. The first kappa shape index (κ1) is 10.7. The Morgan fingerprint density at radius 3 is 2.57 bits per heavy atom. The van der Waals surface area contributed by atoms with Crippen molar-refractivity contribution in [2.45, 2.75) is 25.2 Å². The van der Waals surface area contributed by atoms with Crippen molar-refractivity contribution in [3.05, 3.63) is 21.6 Å². The molecule has 7 nitrogen and oxygen atoms in total. The second kappa shape index (κ2) is 3.81. The van der Waals surface area contributed by atoms with Crippen LogP contribution in [0.1, 0.15) is 6.92 Å². The predicted octanol–water partition coefficient (Wildman–Crippen LogP) is -0.261. The summed E-state index contributed by atoms with van der Waals surface area (Å²) in [6, 6.07) is 0. The summed E-state index contributed by atoms with van der Waals surface area (Å²) >= 11 is 0. The summed E-state index contributed by atoms with van der Waals surface area (Å²) in [6.07, 6.45) is -3.31. The van der Waals surface area contributed by atoms with Crippen LogP contribution in [-0.2, 0) is 4.74 Å². The number of aliphatic hydroxyl groups is 3. The second-order valence-corrected chi connectivity index (χ2v) is 3.06. The highest BCUT2D eigenvalue weighted by molar-refractivity contribution is 5.13. The van der Waals surface area contributed by atoms with Crippen LogP contribution in [0.15, 0.2) is 11.5 Å². The quantitative estimate of drug-likeness (QED) is 0.422. The molecule has 0 saturated carbocycles. The molecule has 80 valence electrons. The van der Waals surface area contributed by atoms with E-state index in [0.29, 0.717) is 0 Å². The van der Waals surface area contributed by atoms with Crippen LogP contribution in [-0.4, -0.2) is 45.1 Å². The SMILES string of the molecule is CC1OC(C[N+](=O)[O-])C(O)=C(O)C1O. The van der Waals surface area contributed by atoms with Crippen LogP contribution in [0.25, 0.3) is 0 Å². The first-order valence-electron chi connectivity index (χ1n) is 4.00. The summed E-state index contributed by atoms with van der Waals surface area (Å²) < 4.78 is 4.93. The van der Waals surface area contributed by atoms with Gasteiger partial charge >= 0.3 is 0 Å². The predicted molar refractivity (Wildman–Crippen MR) is 44.5 cm³/mol. The summed E-state index contributed by atoms with van der Waals surface area (Å²) in [6.45, 7) is 0.799. The van der Waals surface area contributed by atoms with Crippen molar-refractivity contribution in [1.82, 2.24) is 0 Å². The van der Waals surface area contributed by atoms with Gasteiger partial charge in [-0.3, -0.25) is 10.1 Å². The molecule has 0 amide bonds. The zero-order chi connectivity index (χ0) is 10.9. The molecule has 3 N–H and O–H groups in total. The molecular formula is C7H11NO6. The molecule has 7 heteroatoms. The van der Waals surface area contributed by atoms with Crippen molar-refractivity contribution < 1.29 is 25.0 Å². The highest BCUT2D eigenvalue weighted by Gasteiger charge is 2.37. The summed E-state index contributed by atoms with van der Waals surface area (Å²) in [7, 11) is 0. The van der Waals surface area contributed by atoms with Crippen LogP contribution >= 0.6 is 0 Å². The molecule has 14 heavy (non-hydrogen) atoms. The molecule has 0 fully saturated rings. The van der Waals surface area contributed by atoms with Crippen molar-refractivity contribution in [3.8, 4) is 0 Å². The fourth-order valence-corrected chi connectivity index (χ4v) is 1.20. The topological polar surface area (TPSA) is 113 Å². The Morgan fingerprint density at radius 1 is 1.50 bits per heavy atom. The van der Waals surface area contributed by atoms with Gasteiger partial charge in [-0.05, 0) is 6.92 Å². The molecule has 1 aliphatic heterocycles. The van der Waals surface area contributed by atoms with Gasteiger partial charge < -0.3 is 20.1 Å². The van der Waals surface area contributed by atoms with E-state index in [-0.39, 0.29) is 0 Å². The Kier molecular flexibility index (Phi) is 2.92. The van der Waals surface area contributed by atoms with E-state index in [1.165, 1.54) is 6.92 Å². The lowest BCUT2D eigenvalue weighted by molar-refractivity contribution is -0.492. The largest absolute Gasteiger partial charge is 0.506 e. The Hall–Kier alpha value is -1.34. The standard InChI is InChI=1S/C7H11NO6/c1-3-5(9)7(11)6(10)4(14-3)2-8(12)13/h3-5,9-11H,2H2,1H3. The van der Waals surface area contributed by atoms with E-state index in [0.717, 1.165) is 0 Å². The number of aliphatic hydroxyl groups excluding tert-OH is 3. The van der Waals surface area contributed by atoms with Gasteiger partial charge in [0.25, 0.3) is 0 Å². The van der Waals surface area contributed by atoms with Gasteiger partial charge in [0.1, 0.15) is 6.10 Å². The molecule has 1 heterocycles. The average molecular weight is 205 g/mol. The lowest BCUT2D eigenvalue weighted by atomic mass is 10.1. The third-order valence-electron chi connectivity index (χ3n) is 1.99. The molecule has 0 spiro atoms.